The lowest BCUT2D eigenvalue weighted by Gasteiger charge is -2.21. The molecule has 0 aliphatic heterocycles. The van der Waals surface area contributed by atoms with Gasteiger partial charge in [-0.2, -0.15) is 0 Å². The van der Waals surface area contributed by atoms with Gasteiger partial charge in [-0.1, -0.05) is 51.0 Å². The molecule has 0 saturated heterocycles. The highest BCUT2D eigenvalue weighted by Gasteiger charge is 2.07. The molecule has 0 aliphatic rings. The molecule has 156 valence electrons. The number of hydrogen-bond acceptors (Lipinski definition) is 4. The third kappa shape index (κ3) is 7.78. The van der Waals surface area contributed by atoms with Gasteiger partial charge in [0.25, 0.3) is 0 Å². The Labute approximate surface area is 170 Å². The maximum absolute atomic E-state index is 9.61. The average Bonchev–Trinajstić information content (AvgIpc) is 3.18. The molecular weight excluding hydrogens is 348 g/mol. The monoisotopic (exact) mass is 386 g/mol. The molecule has 2 N–H and O–H groups in total. The van der Waals surface area contributed by atoms with Crippen LogP contribution in [0, 0.1) is 0 Å². The van der Waals surface area contributed by atoms with Crippen molar-refractivity contribution in [2.45, 2.75) is 65.5 Å². The highest BCUT2D eigenvalue weighted by atomic mass is 16.3. The second-order valence-electron chi connectivity index (χ2n) is 7.64. The summed E-state index contributed by atoms with van der Waals surface area (Å²) in [6.45, 7) is 11.7. The highest BCUT2D eigenvalue weighted by Crippen LogP contribution is 2.24. The quantitative estimate of drug-likeness (QED) is 0.428. The van der Waals surface area contributed by atoms with Crippen molar-refractivity contribution in [3.8, 4) is 11.3 Å². The fraction of sp³-hybridized carbons (Fsp3) is 0.583. The van der Waals surface area contributed by atoms with E-state index in [9.17, 15) is 5.11 Å². The maximum atomic E-state index is 9.61. The van der Waals surface area contributed by atoms with E-state index in [1.807, 2.05) is 36.4 Å². The Morgan fingerprint density at radius 3 is 2.18 bits per heavy atom. The number of nitrogens with one attached hydrogen (secondary N) is 1. The number of rotatable bonds is 14. The van der Waals surface area contributed by atoms with Crippen LogP contribution in [0.4, 0.5) is 0 Å². The normalized spacial score (nSPS) is 12.6. The second kappa shape index (κ2) is 12.8. The average molecular weight is 387 g/mol. The van der Waals surface area contributed by atoms with Gasteiger partial charge in [-0.05, 0) is 70.1 Å². The summed E-state index contributed by atoms with van der Waals surface area (Å²) < 4.78 is 5.97. The van der Waals surface area contributed by atoms with E-state index in [1.165, 1.54) is 51.7 Å². The summed E-state index contributed by atoms with van der Waals surface area (Å²) in [7, 11) is 0. The molecule has 4 heteroatoms. The van der Waals surface area contributed by atoms with Gasteiger partial charge in [0.05, 0.1) is 12.6 Å². The number of hydrogen-bond donors (Lipinski definition) is 2. The first-order valence-corrected chi connectivity index (χ1v) is 10.9. The van der Waals surface area contributed by atoms with Gasteiger partial charge in [0.1, 0.15) is 11.5 Å². The molecule has 4 nitrogen and oxygen atoms in total. The zero-order valence-electron chi connectivity index (χ0n) is 17.9. The van der Waals surface area contributed by atoms with Crippen LogP contribution in [-0.4, -0.2) is 36.2 Å². The van der Waals surface area contributed by atoms with E-state index in [0.29, 0.717) is 0 Å². The number of aliphatic hydroxyl groups excluding tert-OH is 1. The maximum Gasteiger partial charge on any atom is 0.134 e. The van der Waals surface area contributed by atoms with Crippen molar-refractivity contribution >= 4 is 0 Å². The number of nitrogens with zero attached hydrogens (tertiary/aromatic N) is 1. The van der Waals surface area contributed by atoms with Crippen molar-refractivity contribution < 1.29 is 9.52 Å². The molecule has 1 heterocycles. The van der Waals surface area contributed by atoms with Crippen LogP contribution in [0.15, 0.2) is 40.8 Å². The lowest BCUT2D eigenvalue weighted by atomic mass is 10.1. The smallest absolute Gasteiger partial charge is 0.134 e. The minimum absolute atomic E-state index is 0.440. The van der Waals surface area contributed by atoms with Crippen LogP contribution in [0.2, 0.25) is 0 Å². The van der Waals surface area contributed by atoms with E-state index in [1.54, 1.807) is 6.92 Å². The summed E-state index contributed by atoms with van der Waals surface area (Å²) in [6, 6.07) is 12.0. The first-order valence-electron chi connectivity index (χ1n) is 10.9. The summed E-state index contributed by atoms with van der Waals surface area (Å²) in [5, 5.41) is 13.1. The Hall–Kier alpha value is -1.62. The van der Waals surface area contributed by atoms with Gasteiger partial charge < -0.3 is 19.7 Å². The molecule has 0 amide bonds. The molecule has 1 aromatic heterocycles. The standard InChI is InChI=1S/C24H38N2O2/c1-4-6-16-26(17-7-5-2)18-8-15-25-19-23-13-14-24(28-23)22-11-9-21(10-12-22)20(3)27/h9-14,20,25,27H,4-8,15-19H2,1-3H3. The van der Waals surface area contributed by atoms with Crippen LogP contribution in [0.25, 0.3) is 11.3 Å². The summed E-state index contributed by atoms with van der Waals surface area (Å²) in [5.41, 5.74) is 1.96. The predicted molar refractivity (Wildman–Crippen MR) is 117 cm³/mol. The van der Waals surface area contributed by atoms with E-state index >= 15 is 0 Å². The summed E-state index contributed by atoms with van der Waals surface area (Å²) in [6.07, 6.45) is 5.86. The Morgan fingerprint density at radius 2 is 1.57 bits per heavy atom. The fourth-order valence-electron chi connectivity index (χ4n) is 3.29. The predicted octanol–water partition coefficient (Wildman–Crippen LogP) is 5.38. The Balaban J connectivity index is 1.72. The second-order valence-corrected chi connectivity index (χ2v) is 7.64. The molecular formula is C24H38N2O2. The molecule has 1 atom stereocenters. The third-order valence-corrected chi connectivity index (χ3v) is 5.12. The van der Waals surface area contributed by atoms with Crippen LogP contribution in [0.3, 0.4) is 0 Å². The van der Waals surface area contributed by atoms with Gasteiger partial charge in [0.15, 0.2) is 0 Å². The number of benzene rings is 1. The van der Waals surface area contributed by atoms with Crippen molar-refractivity contribution in [3.63, 3.8) is 0 Å². The largest absolute Gasteiger partial charge is 0.460 e. The first-order chi connectivity index (χ1) is 13.6. The lowest BCUT2D eigenvalue weighted by Crippen LogP contribution is -2.29. The Kier molecular flexibility index (Phi) is 10.3. The van der Waals surface area contributed by atoms with Crippen molar-refractivity contribution in [3.05, 3.63) is 47.7 Å². The van der Waals surface area contributed by atoms with Crippen molar-refractivity contribution in [2.24, 2.45) is 0 Å². The van der Waals surface area contributed by atoms with Crippen LogP contribution >= 0.6 is 0 Å². The molecule has 0 bridgehead atoms. The van der Waals surface area contributed by atoms with Gasteiger partial charge in [-0.3, -0.25) is 0 Å². The van der Waals surface area contributed by atoms with E-state index in [2.05, 4.69) is 24.1 Å². The molecule has 0 radical (unpaired) electrons. The zero-order chi connectivity index (χ0) is 20.2. The summed E-state index contributed by atoms with van der Waals surface area (Å²) in [4.78, 5) is 2.61. The number of furan rings is 1. The van der Waals surface area contributed by atoms with Crippen molar-refractivity contribution in [2.75, 3.05) is 26.2 Å². The van der Waals surface area contributed by atoms with Crippen LogP contribution in [-0.2, 0) is 6.54 Å². The van der Waals surface area contributed by atoms with Crippen LogP contribution in [0.5, 0.6) is 0 Å². The molecule has 2 aromatic rings. The Bertz CT molecular complexity index is 641. The van der Waals surface area contributed by atoms with Crippen LogP contribution in [0.1, 0.15) is 70.3 Å². The molecule has 1 unspecified atom stereocenters. The first kappa shape index (κ1) is 22.7. The van der Waals surface area contributed by atoms with Gasteiger partial charge in [0.2, 0.25) is 0 Å². The van der Waals surface area contributed by atoms with Crippen molar-refractivity contribution in [1.82, 2.24) is 10.2 Å². The third-order valence-electron chi connectivity index (χ3n) is 5.12. The van der Waals surface area contributed by atoms with E-state index in [-0.39, 0.29) is 0 Å². The molecule has 2 rings (SSSR count). The minimum Gasteiger partial charge on any atom is -0.460 e. The zero-order valence-corrected chi connectivity index (χ0v) is 17.9. The number of aliphatic hydroxyl groups is 1. The fourth-order valence-corrected chi connectivity index (χ4v) is 3.29. The molecule has 0 spiro atoms. The SMILES string of the molecule is CCCCN(CCCC)CCCNCc1ccc(-c2ccc(C(C)O)cc2)o1. The van der Waals surface area contributed by atoms with E-state index in [0.717, 1.165) is 35.7 Å². The summed E-state index contributed by atoms with van der Waals surface area (Å²) in [5.74, 6) is 1.84. The molecule has 0 saturated carbocycles. The molecule has 28 heavy (non-hydrogen) atoms. The van der Waals surface area contributed by atoms with Gasteiger partial charge in [-0.15, -0.1) is 0 Å². The molecule has 1 aromatic carbocycles. The van der Waals surface area contributed by atoms with Crippen molar-refractivity contribution in [1.29, 1.82) is 0 Å². The van der Waals surface area contributed by atoms with Gasteiger partial charge in [0, 0.05) is 5.56 Å². The number of unbranched alkanes of at least 4 members (excludes halogenated alkanes) is 2. The van der Waals surface area contributed by atoms with Gasteiger partial charge in [-0.25, -0.2) is 0 Å². The topological polar surface area (TPSA) is 48.6 Å². The van der Waals surface area contributed by atoms with Gasteiger partial charge >= 0.3 is 0 Å². The lowest BCUT2D eigenvalue weighted by molar-refractivity contribution is 0.199. The van der Waals surface area contributed by atoms with E-state index < -0.39 is 6.10 Å². The van der Waals surface area contributed by atoms with Crippen LogP contribution < -0.4 is 5.32 Å². The highest BCUT2D eigenvalue weighted by molar-refractivity contribution is 5.58. The minimum atomic E-state index is -0.440. The summed E-state index contributed by atoms with van der Waals surface area (Å²) >= 11 is 0. The molecule has 0 aliphatic carbocycles. The van der Waals surface area contributed by atoms with E-state index in [4.69, 9.17) is 4.42 Å². The Morgan fingerprint density at radius 1 is 0.929 bits per heavy atom. The molecule has 0 fully saturated rings.